The van der Waals surface area contributed by atoms with E-state index in [2.05, 4.69) is 16.0 Å². The third-order valence-corrected chi connectivity index (χ3v) is 5.08. The van der Waals surface area contributed by atoms with E-state index in [4.69, 9.17) is 14.2 Å². The van der Waals surface area contributed by atoms with Crippen LogP contribution < -0.4 is 25.4 Å². The largest absolute Gasteiger partial charge is 0.490 e. The zero-order valence-corrected chi connectivity index (χ0v) is 19.8. The van der Waals surface area contributed by atoms with Crippen LogP contribution in [0, 0.1) is 0 Å². The Morgan fingerprint density at radius 3 is 2.47 bits per heavy atom. The zero-order valence-electron chi connectivity index (χ0n) is 19.8. The van der Waals surface area contributed by atoms with Crippen LogP contribution in [0.25, 0.3) is 6.08 Å². The van der Waals surface area contributed by atoms with Gasteiger partial charge in [0.25, 0.3) is 0 Å². The summed E-state index contributed by atoms with van der Waals surface area (Å²) in [6, 6.07) is 12.2. The molecule has 0 spiro atoms. The summed E-state index contributed by atoms with van der Waals surface area (Å²) in [5.41, 5.74) is 2.08. The Labute approximate surface area is 200 Å². The van der Waals surface area contributed by atoms with E-state index < -0.39 is 0 Å². The fourth-order valence-corrected chi connectivity index (χ4v) is 3.41. The topological polar surface area (TPSA) is 97.9 Å². The maximum Gasteiger partial charge on any atom is 0.319 e. The molecule has 0 bridgehead atoms. The highest BCUT2D eigenvalue weighted by Gasteiger charge is 2.16. The van der Waals surface area contributed by atoms with Gasteiger partial charge in [-0.05, 0) is 74.2 Å². The first kappa shape index (κ1) is 25.1. The maximum atomic E-state index is 12.3. The molecule has 1 atom stereocenters. The normalized spacial score (nSPS) is 15.2. The predicted octanol–water partition coefficient (Wildman–Crippen LogP) is 4.83. The van der Waals surface area contributed by atoms with Gasteiger partial charge in [-0.1, -0.05) is 13.0 Å². The average Bonchev–Trinajstić information content (AvgIpc) is 3.36. The number of hydrogen-bond acceptors (Lipinski definition) is 5. The first-order chi connectivity index (χ1) is 16.6. The fourth-order valence-electron chi connectivity index (χ4n) is 3.41. The lowest BCUT2D eigenvalue weighted by atomic mass is 10.2. The second kappa shape index (κ2) is 13.3. The maximum absolute atomic E-state index is 12.3. The molecule has 1 fully saturated rings. The summed E-state index contributed by atoms with van der Waals surface area (Å²) in [5, 5.41) is 8.39. The van der Waals surface area contributed by atoms with Gasteiger partial charge in [-0.2, -0.15) is 0 Å². The molecule has 1 aliphatic rings. The lowest BCUT2D eigenvalue weighted by Gasteiger charge is -2.12. The van der Waals surface area contributed by atoms with E-state index >= 15 is 0 Å². The van der Waals surface area contributed by atoms with Crippen LogP contribution in [0.5, 0.6) is 11.5 Å². The molecular formula is C26H33N3O5. The SMILES string of the molecule is CCCOc1ccc(/C=C/C(=O)Nc2ccc(NC(=O)NCC3CCCO3)cc2)cc1OCC. The molecule has 0 aliphatic carbocycles. The van der Waals surface area contributed by atoms with Crippen LogP contribution in [0.2, 0.25) is 0 Å². The van der Waals surface area contributed by atoms with E-state index in [1.165, 1.54) is 6.08 Å². The molecule has 1 aliphatic heterocycles. The highest BCUT2D eigenvalue weighted by molar-refractivity contribution is 6.02. The highest BCUT2D eigenvalue weighted by atomic mass is 16.5. The Hall–Kier alpha value is -3.52. The number of anilines is 2. The summed E-state index contributed by atoms with van der Waals surface area (Å²) in [6.07, 6.45) is 6.18. The van der Waals surface area contributed by atoms with E-state index in [1.54, 1.807) is 30.3 Å². The average molecular weight is 468 g/mol. The molecule has 8 nitrogen and oxygen atoms in total. The van der Waals surface area contributed by atoms with Crippen molar-refractivity contribution in [2.75, 3.05) is 37.0 Å². The highest BCUT2D eigenvalue weighted by Crippen LogP contribution is 2.29. The summed E-state index contributed by atoms with van der Waals surface area (Å²) in [6.45, 7) is 6.35. The van der Waals surface area contributed by atoms with Crippen LogP contribution in [0.1, 0.15) is 38.7 Å². The standard InChI is InChI=1S/C26H33N3O5/c1-3-15-34-23-13-7-19(17-24(23)32-4-2)8-14-25(30)28-20-9-11-21(12-10-20)29-26(31)27-18-22-6-5-16-33-22/h7-14,17,22H,3-6,15-16,18H2,1-2H3,(H,28,30)(H2,27,29,31)/b14-8+. The predicted molar refractivity (Wildman–Crippen MR) is 133 cm³/mol. The number of urea groups is 1. The monoisotopic (exact) mass is 467 g/mol. The smallest absolute Gasteiger partial charge is 0.319 e. The van der Waals surface area contributed by atoms with Crippen molar-refractivity contribution in [3.05, 3.63) is 54.1 Å². The minimum atomic E-state index is -0.284. The van der Waals surface area contributed by atoms with Gasteiger partial charge < -0.3 is 30.2 Å². The first-order valence-electron chi connectivity index (χ1n) is 11.7. The molecule has 3 amide bonds. The van der Waals surface area contributed by atoms with Crippen LogP contribution in [0.4, 0.5) is 16.2 Å². The molecule has 2 aromatic rings. The van der Waals surface area contributed by atoms with Gasteiger partial charge >= 0.3 is 6.03 Å². The molecule has 3 N–H and O–H groups in total. The quantitative estimate of drug-likeness (QED) is 0.412. The molecule has 1 saturated heterocycles. The van der Waals surface area contributed by atoms with E-state index in [9.17, 15) is 9.59 Å². The number of hydrogen-bond donors (Lipinski definition) is 3. The van der Waals surface area contributed by atoms with Crippen LogP contribution in [-0.2, 0) is 9.53 Å². The fraction of sp³-hybridized carbons (Fsp3) is 0.385. The van der Waals surface area contributed by atoms with Gasteiger partial charge in [0.2, 0.25) is 5.91 Å². The van der Waals surface area contributed by atoms with Crippen molar-refractivity contribution < 1.29 is 23.8 Å². The molecule has 8 heteroatoms. The zero-order chi connectivity index (χ0) is 24.2. The minimum absolute atomic E-state index is 0.0921. The first-order valence-corrected chi connectivity index (χ1v) is 11.7. The van der Waals surface area contributed by atoms with Crippen LogP contribution in [0.3, 0.4) is 0 Å². The molecule has 0 aromatic heterocycles. The number of benzene rings is 2. The molecule has 0 radical (unpaired) electrons. The van der Waals surface area contributed by atoms with E-state index in [0.717, 1.165) is 31.4 Å². The van der Waals surface area contributed by atoms with Crippen molar-refractivity contribution in [1.29, 1.82) is 0 Å². The second-order valence-electron chi connectivity index (χ2n) is 7.86. The number of ether oxygens (including phenoxy) is 3. The summed E-state index contributed by atoms with van der Waals surface area (Å²) < 4.78 is 16.9. The van der Waals surface area contributed by atoms with Crippen LogP contribution in [0.15, 0.2) is 48.5 Å². The van der Waals surface area contributed by atoms with Gasteiger partial charge in [0, 0.05) is 30.6 Å². The number of nitrogens with one attached hydrogen (secondary N) is 3. The van der Waals surface area contributed by atoms with Crippen molar-refractivity contribution in [3.63, 3.8) is 0 Å². The third-order valence-electron chi connectivity index (χ3n) is 5.08. The van der Waals surface area contributed by atoms with Gasteiger partial charge in [-0.3, -0.25) is 4.79 Å². The molecule has 1 heterocycles. The molecule has 2 aromatic carbocycles. The van der Waals surface area contributed by atoms with Crippen molar-refractivity contribution in [1.82, 2.24) is 5.32 Å². The minimum Gasteiger partial charge on any atom is -0.490 e. The van der Waals surface area contributed by atoms with E-state index in [1.807, 2.05) is 32.0 Å². The van der Waals surface area contributed by atoms with Crippen molar-refractivity contribution in [2.24, 2.45) is 0 Å². The number of carbonyl (C=O) groups excluding carboxylic acids is 2. The Kier molecular flexibility index (Phi) is 9.79. The molecule has 182 valence electrons. The van der Waals surface area contributed by atoms with Gasteiger partial charge in [-0.25, -0.2) is 4.79 Å². The Morgan fingerprint density at radius 2 is 1.79 bits per heavy atom. The van der Waals surface area contributed by atoms with Crippen molar-refractivity contribution >= 4 is 29.4 Å². The summed E-state index contributed by atoms with van der Waals surface area (Å²) in [7, 11) is 0. The Balaban J connectivity index is 1.49. The number of rotatable bonds is 11. The Bertz CT molecular complexity index is 969. The number of amides is 3. The van der Waals surface area contributed by atoms with Gasteiger partial charge in [-0.15, -0.1) is 0 Å². The summed E-state index contributed by atoms with van der Waals surface area (Å²) in [5.74, 6) is 1.08. The molecule has 0 saturated carbocycles. The lowest BCUT2D eigenvalue weighted by molar-refractivity contribution is -0.111. The molecule has 34 heavy (non-hydrogen) atoms. The third kappa shape index (κ3) is 8.12. The summed E-state index contributed by atoms with van der Waals surface area (Å²) in [4.78, 5) is 24.3. The van der Waals surface area contributed by atoms with Gasteiger partial charge in [0.15, 0.2) is 11.5 Å². The van der Waals surface area contributed by atoms with Gasteiger partial charge in [0.1, 0.15) is 0 Å². The van der Waals surface area contributed by atoms with Crippen LogP contribution in [-0.4, -0.2) is 44.4 Å². The Morgan fingerprint density at radius 1 is 1.03 bits per heavy atom. The van der Waals surface area contributed by atoms with E-state index in [-0.39, 0.29) is 18.0 Å². The van der Waals surface area contributed by atoms with Crippen molar-refractivity contribution in [2.45, 2.75) is 39.2 Å². The van der Waals surface area contributed by atoms with Gasteiger partial charge in [0.05, 0.1) is 19.3 Å². The van der Waals surface area contributed by atoms with Crippen molar-refractivity contribution in [3.8, 4) is 11.5 Å². The van der Waals surface area contributed by atoms with E-state index in [0.29, 0.717) is 42.6 Å². The number of carbonyl (C=O) groups is 2. The molecule has 3 rings (SSSR count). The lowest BCUT2D eigenvalue weighted by Crippen LogP contribution is -2.35. The van der Waals surface area contributed by atoms with Crippen LogP contribution >= 0.6 is 0 Å². The second-order valence-corrected chi connectivity index (χ2v) is 7.86. The molecule has 1 unspecified atom stereocenters. The molecular weight excluding hydrogens is 434 g/mol. The summed E-state index contributed by atoms with van der Waals surface area (Å²) >= 11 is 0.